The molecule has 0 bridgehead atoms. The minimum atomic E-state index is -2.94. The van der Waals surface area contributed by atoms with Gasteiger partial charge in [-0.3, -0.25) is 4.79 Å². The number of anilines is 1. The summed E-state index contributed by atoms with van der Waals surface area (Å²) in [6.07, 6.45) is 3.62. The summed E-state index contributed by atoms with van der Waals surface area (Å²) in [7, 11) is 0. The maximum absolute atomic E-state index is 12.2. The summed E-state index contributed by atoms with van der Waals surface area (Å²) in [4.78, 5) is 11.4. The second-order valence-electron chi connectivity index (χ2n) is 5.09. The number of benzene rings is 1. The predicted octanol–water partition coefficient (Wildman–Crippen LogP) is 3.23. The Morgan fingerprint density at radius 3 is 2.65 bits per heavy atom. The summed E-state index contributed by atoms with van der Waals surface area (Å²) in [5, 5.41) is 9.35. The summed E-state index contributed by atoms with van der Waals surface area (Å²) in [6.45, 7) is -2.94. The first-order valence-corrected chi connectivity index (χ1v) is 6.54. The maximum atomic E-state index is 12.2. The van der Waals surface area contributed by atoms with Gasteiger partial charge in [0.25, 0.3) is 0 Å². The van der Waals surface area contributed by atoms with Crippen molar-refractivity contribution in [2.75, 3.05) is 5.73 Å². The molecule has 6 heteroatoms. The molecule has 1 aliphatic rings. The molecule has 1 aromatic rings. The van der Waals surface area contributed by atoms with E-state index in [-0.39, 0.29) is 5.75 Å². The Balaban J connectivity index is 2.23. The van der Waals surface area contributed by atoms with E-state index in [9.17, 15) is 18.7 Å². The van der Waals surface area contributed by atoms with Gasteiger partial charge in [-0.1, -0.05) is 19.3 Å². The topological polar surface area (TPSA) is 72.5 Å². The van der Waals surface area contributed by atoms with Crippen LogP contribution in [0.5, 0.6) is 5.75 Å². The third kappa shape index (κ3) is 3.37. The highest BCUT2D eigenvalue weighted by Crippen LogP contribution is 2.38. The van der Waals surface area contributed by atoms with Crippen LogP contribution in [0.4, 0.5) is 14.5 Å². The van der Waals surface area contributed by atoms with Gasteiger partial charge < -0.3 is 15.6 Å². The fourth-order valence-electron chi connectivity index (χ4n) is 2.45. The average Bonchev–Trinajstić information content (AvgIpc) is 2.30. The lowest BCUT2D eigenvalue weighted by atomic mass is 9.77. The average molecular weight is 285 g/mol. The van der Waals surface area contributed by atoms with Crippen LogP contribution < -0.4 is 10.5 Å². The number of carbonyl (C=O) groups is 1. The zero-order chi connectivity index (χ0) is 14.7. The summed E-state index contributed by atoms with van der Waals surface area (Å²) >= 11 is 0. The van der Waals surface area contributed by atoms with Gasteiger partial charge in [-0.15, -0.1) is 0 Å². The van der Waals surface area contributed by atoms with Crippen molar-refractivity contribution in [3.05, 3.63) is 23.8 Å². The first-order chi connectivity index (χ1) is 9.47. The molecule has 0 spiro atoms. The molecule has 20 heavy (non-hydrogen) atoms. The molecule has 0 saturated heterocycles. The van der Waals surface area contributed by atoms with E-state index in [0.29, 0.717) is 23.6 Å². The summed E-state index contributed by atoms with van der Waals surface area (Å²) in [5.74, 6) is -1.46. The second-order valence-corrected chi connectivity index (χ2v) is 5.09. The molecular weight excluding hydrogens is 268 g/mol. The maximum Gasteiger partial charge on any atom is 0.387 e. The van der Waals surface area contributed by atoms with Crippen molar-refractivity contribution in [1.82, 2.24) is 0 Å². The number of nitrogens with two attached hydrogens (primary N) is 1. The third-order valence-corrected chi connectivity index (χ3v) is 3.75. The minimum absolute atomic E-state index is 0.0657. The second kappa shape index (κ2) is 6.07. The molecule has 0 aromatic heterocycles. The van der Waals surface area contributed by atoms with Gasteiger partial charge >= 0.3 is 12.6 Å². The largest absolute Gasteiger partial charge is 0.481 e. The number of aliphatic carboxylic acids is 1. The molecule has 1 saturated carbocycles. The number of hydrogen-bond acceptors (Lipinski definition) is 3. The minimum Gasteiger partial charge on any atom is -0.481 e. The Morgan fingerprint density at radius 2 is 2.15 bits per heavy atom. The van der Waals surface area contributed by atoms with E-state index >= 15 is 0 Å². The molecule has 0 heterocycles. The van der Waals surface area contributed by atoms with Crippen LogP contribution in [0, 0.1) is 5.92 Å². The Bertz CT molecular complexity index is 489. The smallest absolute Gasteiger partial charge is 0.387 e. The van der Waals surface area contributed by atoms with Gasteiger partial charge in [0, 0.05) is 5.69 Å². The van der Waals surface area contributed by atoms with Crippen LogP contribution in [0.15, 0.2) is 18.2 Å². The number of nitrogen functional groups attached to an aromatic ring is 1. The molecule has 4 nitrogen and oxygen atoms in total. The molecule has 1 aromatic carbocycles. The van der Waals surface area contributed by atoms with Crippen molar-refractivity contribution in [1.29, 1.82) is 0 Å². The van der Waals surface area contributed by atoms with Crippen molar-refractivity contribution in [3.8, 4) is 5.75 Å². The Hall–Kier alpha value is -1.85. The summed E-state index contributed by atoms with van der Waals surface area (Å²) < 4.78 is 28.7. The molecule has 0 amide bonds. The van der Waals surface area contributed by atoms with Gasteiger partial charge in [0.1, 0.15) is 5.75 Å². The van der Waals surface area contributed by atoms with Crippen molar-refractivity contribution >= 4 is 11.7 Å². The molecular formula is C14H17F2NO3. The molecule has 1 atom stereocenters. The van der Waals surface area contributed by atoms with Gasteiger partial charge in [0.05, 0.1) is 5.92 Å². The van der Waals surface area contributed by atoms with Gasteiger partial charge in [0.15, 0.2) is 0 Å². The first kappa shape index (κ1) is 14.6. The number of ether oxygens (including phenoxy) is 1. The van der Waals surface area contributed by atoms with E-state index in [1.54, 1.807) is 0 Å². The SMILES string of the molecule is Nc1ccc(OC(F)F)cc1C(CC1CCC1)C(=O)O. The third-order valence-electron chi connectivity index (χ3n) is 3.75. The van der Waals surface area contributed by atoms with Crippen LogP contribution in [0.2, 0.25) is 0 Å². The molecule has 0 radical (unpaired) electrons. The van der Waals surface area contributed by atoms with Crippen molar-refractivity contribution in [2.24, 2.45) is 5.92 Å². The number of carboxylic acids is 1. The number of rotatable bonds is 6. The molecule has 0 aliphatic heterocycles. The molecule has 1 unspecified atom stereocenters. The monoisotopic (exact) mass is 285 g/mol. The van der Waals surface area contributed by atoms with Crippen LogP contribution in [0.25, 0.3) is 0 Å². The van der Waals surface area contributed by atoms with Gasteiger partial charge in [0.2, 0.25) is 0 Å². The molecule has 2 rings (SSSR count). The predicted molar refractivity (Wildman–Crippen MR) is 69.8 cm³/mol. The number of carboxylic acid groups (broad SMARTS) is 1. The van der Waals surface area contributed by atoms with Gasteiger partial charge in [-0.05, 0) is 36.1 Å². The van der Waals surface area contributed by atoms with E-state index < -0.39 is 18.5 Å². The van der Waals surface area contributed by atoms with E-state index in [1.165, 1.54) is 18.2 Å². The van der Waals surface area contributed by atoms with Crippen molar-refractivity contribution in [2.45, 2.75) is 38.2 Å². The van der Waals surface area contributed by atoms with E-state index in [0.717, 1.165) is 19.3 Å². The summed E-state index contributed by atoms with van der Waals surface area (Å²) in [5.41, 5.74) is 6.43. The highest BCUT2D eigenvalue weighted by atomic mass is 19.3. The lowest BCUT2D eigenvalue weighted by Gasteiger charge is -2.28. The summed E-state index contributed by atoms with van der Waals surface area (Å²) in [6, 6.07) is 4.02. The molecule has 110 valence electrons. The van der Waals surface area contributed by atoms with E-state index in [4.69, 9.17) is 5.73 Å². The fraction of sp³-hybridized carbons (Fsp3) is 0.500. The van der Waals surface area contributed by atoms with Gasteiger partial charge in [-0.25, -0.2) is 0 Å². The number of hydrogen-bond donors (Lipinski definition) is 2. The fourth-order valence-corrected chi connectivity index (χ4v) is 2.45. The molecule has 1 fully saturated rings. The van der Waals surface area contributed by atoms with Gasteiger partial charge in [-0.2, -0.15) is 8.78 Å². The van der Waals surface area contributed by atoms with E-state index in [1.807, 2.05) is 0 Å². The molecule has 3 N–H and O–H groups in total. The van der Waals surface area contributed by atoms with Crippen molar-refractivity contribution in [3.63, 3.8) is 0 Å². The quantitative estimate of drug-likeness (QED) is 0.787. The zero-order valence-electron chi connectivity index (χ0n) is 10.9. The lowest BCUT2D eigenvalue weighted by Crippen LogP contribution is -2.21. The highest BCUT2D eigenvalue weighted by molar-refractivity contribution is 5.79. The standard InChI is InChI=1S/C14H17F2NO3/c15-14(16)20-9-4-5-12(17)10(7-9)11(13(18)19)6-8-2-1-3-8/h4-5,7-8,11,14H,1-3,6,17H2,(H,18,19). The lowest BCUT2D eigenvalue weighted by molar-refractivity contribution is -0.139. The van der Waals surface area contributed by atoms with Crippen LogP contribution in [-0.4, -0.2) is 17.7 Å². The molecule has 1 aliphatic carbocycles. The van der Waals surface area contributed by atoms with Crippen LogP contribution in [0.3, 0.4) is 0 Å². The first-order valence-electron chi connectivity index (χ1n) is 6.54. The number of halogens is 2. The van der Waals surface area contributed by atoms with Crippen LogP contribution in [-0.2, 0) is 4.79 Å². The van der Waals surface area contributed by atoms with Crippen molar-refractivity contribution < 1.29 is 23.4 Å². The highest BCUT2D eigenvalue weighted by Gasteiger charge is 2.29. The Kier molecular flexibility index (Phi) is 4.42. The van der Waals surface area contributed by atoms with E-state index in [2.05, 4.69) is 4.74 Å². The Morgan fingerprint density at radius 1 is 1.45 bits per heavy atom. The zero-order valence-corrected chi connectivity index (χ0v) is 10.9. The number of alkyl halides is 2. The normalized spacial score (nSPS) is 16.8. The Labute approximate surface area is 115 Å². The van der Waals surface area contributed by atoms with Crippen LogP contribution >= 0.6 is 0 Å². The van der Waals surface area contributed by atoms with Crippen LogP contribution in [0.1, 0.15) is 37.2 Å².